The average molecular weight is 552 g/mol. The molecule has 4 aromatic carbocycles. The van der Waals surface area contributed by atoms with Crippen LogP contribution in [-0.2, 0) is 4.74 Å². The topological polar surface area (TPSA) is 61.8 Å². The van der Waals surface area contributed by atoms with Crippen molar-refractivity contribution < 1.29 is 14.6 Å². The highest BCUT2D eigenvalue weighted by atomic mass is 35.5. The Balaban J connectivity index is 0.000000211. The molecule has 0 aliphatic heterocycles. The van der Waals surface area contributed by atoms with Crippen molar-refractivity contribution in [1.82, 2.24) is 4.90 Å². The Labute approximate surface area is 234 Å². The first-order valence-electron chi connectivity index (χ1n) is 12.2. The number of carboxylic acids is 1. The van der Waals surface area contributed by atoms with Gasteiger partial charge >= 0.3 is 5.97 Å². The maximum absolute atomic E-state index is 11.1. The number of aromatic carboxylic acids is 1. The summed E-state index contributed by atoms with van der Waals surface area (Å²) in [6.07, 6.45) is 0.0161. The molecule has 0 atom stereocenters. The van der Waals surface area contributed by atoms with Crippen molar-refractivity contribution in [2.24, 2.45) is 0 Å². The van der Waals surface area contributed by atoms with Gasteiger partial charge in [-0.15, -0.1) is 0 Å². The number of para-hydroxylation sites is 1. The predicted molar refractivity (Wildman–Crippen MR) is 157 cm³/mol. The minimum absolute atomic E-state index is 0.0161. The van der Waals surface area contributed by atoms with E-state index in [4.69, 9.17) is 33.0 Å². The molecule has 0 aromatic heterocycles. The number of carboxylic acid groups (broad SMARTS) is 1. The Morgan fingerprint density at radius 2 is 1.42 bits per heavy atom. The summed E-state index contributed by atoms with van der Waals surface area (Å²) in [4.78, 5) is 13.3. The lowest BCUT2D eigenvalue weighted by molar-refractivity contribution is 0.0686. The van der Waals surface area contributed by atoms with E-state index < -0.39 is 5.97 Å². The monoisotopic (exact) mass is 550 g/mol. The van der Waals surface area contributed by atoms with Crippen molar-refractivity contribution in [3.8, 4) is 0 Å². The predicted octanol–water partition coefficient (Wildman–Crippen LogP) is 8.10. The fraction of sp³-hybridized carbons (Fsp3) is 0.194. The molecule has 7 heteroatoms. The molecule has 0 saturated carbocycles. The quantitative estimate of drug-likeness (QED) is 0.220. The van der Waals surface area contributed by atoms with Crippen LogP contribution in [0.4, 0.5) is 11.4 Å². The minimum Gasteiger partial charge on any atom is -0.478 e. The standard InChI is InChI=1S/C17H21NO.C14H11Cl2NO2/c1-18(2)13-14-19-17(15-9-5-3-6-10-15)16-11-7-4-8-12-16;1-8-6-7-10(15)13(12(8)16)17-11-5-3-2-4-9(11)14(18)19/h3-12,17H,13-14H2,1-2H3;2-7,17H,1H3,(H,18,19). The summed E-state index contributed by atoms with van der Waals surface area (Å²) < 4.78 is 6.08. The number of rotatable bonds is 9. The Bertz CT molecular complexity index is 1280. The first-order valence-corrected chi connectivity index (χ1v) is 12.9. The molecule has 0 aliphatic rings. The van der Waals surface area contributed by atoms with Gasteiger partial charge in [0.1, 0.15) is 6.10 Å². The third-order valence-electron chi connectivity index (χ3n) is 5.73. The SMILES string of the molecule is CN(C)CCOC(c1ccccc1)c1ccccc1.Cc1ccc(Cl)c(Nc2ccccc2C(=O)O)c1Cl. The van der Waals surface area contributed by atoms with Crippen LogP contribution in [0.5, 0.6) is 0 Å². The van der Waals surface area contributed by atoms with Gasteiger partial charge in [-0.3, -0.25) is 0 Å². The van der Waals surface area contributed by atoms with Crippen LogP contribution in [0.15, 0.2) is 97.1 Å². The zero-order valence-electron chi connectivity index (χ0n) is 21.7. The number of anilines is 2. The Hall–Kier alpha value is -3.35. The summed E-state index contributed by atoms with van der Waals surface area (Å²) in [6.45, 7) is 3.50. The van der Waals surface area contributed by atoms with E-state index in [0.29, 0.717) is 21.4 Å². The number of nitrogens with zero attached hydrogens (tertiary/aromatic N) is 1. The molecule has 38 heavy (non-hydrogen) atoms. The highest BCUT2D eigenvalue weighted by Gasteiger charge is 2.15. The van der Waals surface area contributed by atoms with Crippen molar-refractivity contribution in [2.75, 3.05) is 32.6 Å². The van der Waals surface area contributed by atoms with Crippen LogP contribution in [0.25, 0.3) is 0 Å². The molecule has 0 radical (unpaired) electrons. The molecule has 0 unspecified atom stereocenters. The van der Waals surface area contributed by atoms with E-state index in [2.05, 4.69) is 72.8 Å². The smallest absolute Gasteiger partial charge is 0.337 e. The molecule has 198 valence electrons. The molecular formula is C31H32Cl2N2O3. The van der Waals surface area contributed by atoms with Gasteiger partial charge in [0.05, 0.1) is 33.6 Å². The average Bonchev–Trinajstić information content (AvgIpc) is 2.92. The van der Waals surface area contributed by atoms with Gasteiger partial charge in [0.2, 0.25) is 0 Å². The van der Waals surface area contributed by atoms with Gasteiger partial charge in [0, 0.05) is 6.54 Å². The first-order chi connectivity index (χ1) is 18.3. The molecule has 0 spiro atoms. The van der Waals surface area contributed by atoms with Gasteiger partial charge in [-0.05, 0) is 55.9 Å². The van der Waals surface area contributed by atoms with Crippen LogP contribution in [0.2, 0.25) is 10.0 Å². The van der Waals surface area contributed by atoms with E-state index >= 15 is 0 Å². The van der Waals surface area contributed by atoms with Crippen molar-refractivity contribution in [3.63, 3.8) is 0 Å². The van der Waals surface area contributed by atoms with Crippen LogP contribution in [0.1, 0.15) is 33.2 Å². The minimum atomic E-state index is -1.01. The number of likely N-dealkylation sites (N-methyl/N-ethyl adjacent to an activating group) is 1. The van der Waals surface area contributed by atoms with Gasteiger partial charge in [-0.2, -0.15) is 0 Å². The van der Waals surface area contributed by atoms with Gasteiger partial charge in [0.25, 0.3) is 0 Å². The van der Waals surface area contributed by atoms with Gasteiger partial charge in [-0.1, -0.05) is 102 Å². The molecule has 0 heterocycles. The summed E-state index contributed by atoms with van der Waals surface area (Å²) in [7, 11) is 4.12. The second-order valence-electron chi connectivity index (χ2n) is 8.90. The molecular weight excluding hydrogens is 519 g/mol. The number of ether oxygens (including phenoxy) is 1. The molecule has 0 amide bonds. The maximum Gasteiger partial charge on any atom is 0.337 e. The molecule has 4 rings (SSSR count). The van der Waals surface area contributed by atoms with Crippen LogP contribution >= 0.6 is 23.2 Å². The third kappa shape index (κ3) is 8.33. The molecule has 0 bridgehead atoms. The number of hydrogen-bond acceptors (Lipinski definition) is 4. The lowest BCUT2D eigenvalue weighted by Crippen LogP contribution is -2.20. The lowest BCUT2D eigenvalue weighted by Gasteiger charge is -2.20. The molecule has 0 saturated heterocycles. The van der Waals surface area contributed by atoms with Gasteiger partial charge < -0.3 is 20.1 Å². The maximum atomic E-state index is 11.1. The summed E-state index contributed by atoms with van der Waals surface area (Å²) in [5.41, 5.74) is 4.39. The van der Waals surface area contributed by atoms with E-state index in [1.807, 2.05) is 19.1 Å². The number of hydrogen-bond donors (Lipinski definition) is 2. The summed E-state index contributed by atoms with van der Waals surface area (Å²) in [6, 6.07) is 30.9. The summed E-state index contributed by atoms with van der Waals surface area (Å²) >= 11 is 12.3. The molecule has 5 nitrogen and oxygen atoms in total. The zero-order valence-corrected chi connectivity index (χ0v) is 23.2. The van der Waals surface area contributed by atoms with Crippen LogP contribution < -0.4 is 5.32 Å². The first kappa shape index (κ1) is 29.2. The largest absolute Gasteiger partial charge is 0.478 e. The molecule has 0 fully saturated rings. The van der Waals surface area contributed by atoms with Crippen LogP contribution in [-0.4, -0.2) is 43.2 Å². The van der Waals surface area contributed by atoms with Crippen LogP contribution in [0, 0.1) is 6.92 Å². The normalized spacial score (nSPS) is 10.7. The van der Waals surface area contributed by atoms with Crippen molar-refractivity contribution in [1.29, 1.82) is 0 Å². The van der Waals surface area contributed by atoms with E-state index in [9.17, 15) is 4.79 Å². The van der Waals surface area contributed by atoms with E-state index in [0.717, 1.165) is 18.7 Å². The number of halogens is 2. The lowest BCUT2D eigenvalue weighted by atomic mass is 10.0. The molecule has 0 aliphatic carbocycles. The summed E-state index contributed by atoms with van der Waals surface area (Å²) in [5.74, 6) is -1.01. The van der Waals surface area contributed by atoms with Gasteiger partial charge in [-0.25, -0.2) is 4.79 Å². The Morgan fingerprint density at radius 1 is 0.868 bits per heavy atom. The Morgan fingerprint density at radius 3 is 1.97 bits per heavy atom. The zero-order chi connectivity index (χ0) is 27.5. The van der Waals surface area contributed by atoms with Crippen LogP contribution in [0.3, 0.4) is 0 Å². The highest BCUT2D eigenvalue weighted by molar-refractivity contribution is 6.39. The van der Waals surface area contributed by atoms with Crippen molar-refractivity contribution >= 4 is 40.5 Å². The number of benzene rings is 4. The van der Waals surface area contributed by atoms with E-state index in [-0.39, 0.29) is 11.7 Å². The van der Waals surface area contributed by atoms with E-state index in [1.54, 1.807) is 30.3 Å². The second-order valence-corrected chi connectivity index (χ2v) is 9.69. The van der Waals surface area contributed by atoms with E-state index in [1.165, 1.54) is 17.2 Å². The fourth-order valence-corrected chi connectivity index (χ4v) is 4.14. The molecule has 4 aromatic rings. The second kappa shape index (κ2) is 14.6. The number of carbonyl (C=O) groups is 1. The molecule has 2 N–H and O–H groups in total. The Kier molecular flexibility index (Phi) is 11.2. The fourth-order valence-electron chi connectivity index (χ4n) is 3.68. The summed E-state index contributed by atoms with van der Waals surface area (Å²) in [5, 5.41) is 13.0. The highest BCUT2D eigenvalue weighted by Crippen LogP contribution is 2.36. The number of aryl methyl sites for hydroxylation is 1. The van der Waals surface area contributed by atoms with Gasteiger partial charge in [0.15, 0.2) is 0 Å². The van der Waals surface area contributed by atoms with Crippen molar-refractivity contribution in [2.45, 2.75) is 13.0 Å². The third-order valence-corrected chi connectivity index (χ3v) is 6.53. The number of nitrogens with one attached hydrogen (secondary N) is 1. The van der Waals surface area contributed by atoms with Crippen molar-refractivity contribution in [3.05, 3.63) is 129 Å².